The Labute approximate surface area is 133 Å². The number of hydrazone groups is 1. The van der Waals surface area contributed by atoms with Crippen molar-refractivity contribution < 1.29 is 14.6 Å². The van der Waals surface area contributed by atoms with E-state index in [1.54, 1.807) is 12.1 Å². The molecule has 0 spiro atoms. The van der Waals surface area contributed by atoms with Crippen LogP contribution in [-0.2, 0) is 11.2 Å². The van der Waals surface area contributed by atoms with Gasteiger partial charge in [-0.15, -0.1) is 0 Å². The number of phenols is 1. The smallest absolute Gasteiger partial charge is 0.427 e. The number of ether oxygens (including phenoxy) is 1. The topological polar surface area (TPSA) is 70.9 Å². The minimum Gasteiger partial charge on any atom is -0.507 e. The van der Waals surface area contributed by atoms with Gasteiger partial charge in [-0.3, -0.25) is 0 Å². The quantitative estimate of drug-likeness (QED) is 0.671. The lowest BCUT2D eigenvalue weighted by Gasteiger charge is -2.06. The minimum atomic E-state index is -0.678. The lowest BCUT2D eigenvalue weighted by Crippen LogP contribution is -2.16. The average Bonchev–Trinajstić information content (AvgIpc) is 2.52. The summed E-state index contributed by atoms with van der Waals surface area (Å²) in [6, 6.07) is 12.7. The van der Waals surface area contributed by atoms with Crippen LogP contribution in [0.3, 0.4) is 0 Å². The summed E-state index contributed by atoms with van der Waals surface area (Å²) in [7, 11) is 1.24. The molecule has 2 N–H and O–H groups in total. The molecule has 0 atom stereocenters. The molecule has 0 saturated heterocycles. The van der Waals surface area contributed by atoms with E-state index in [2.05, 4.69) is 15.3 Å². The van der Waals surface area contributed by atoms with E-state index in [9.17, 15) is 9.90 Å². The van der Waals surface area contributed by atoms with Crippen LogP contribution in [0.1, 0.15) is 16.7 Å². The third-order valence-corrected chi connectivity index (χ3v) is 3.36. The molecule has 0 heterocycles. The summed E-state index contributed by atoms with van der Waals surface area (Å²) in [5.41, 5.74) is 4.60. The van der Waals surface area contributed by atoms with Crippen molar-refractivity contribution in [2.75, 3.05) is 7.11 Å². The Morgan fingerprint density at radius 1 is 1.36 bits per heavy atom. The number of carbonyl (C=O) groups excluding carboxylic acids is 1. The van der Waals surface area contributed by atoms with Gasteiger partial charge in [0.2, 0.25) is 0 Å². The molecule has 6 heteroatoms. The predicted octanol–water partition coefficient (Wildman–Crippen LogP) is 3.33. The Bertz CT molecular complexity index is 702. The lowest BCUT2D eigenvalue weighted by molar-refractivity contribution is 0.171. The van der Waals surface area contributed by atoms with Crippen LogP contribution in [0.4, 0.5) is 4.79 Å². The van der Waals surface area contributed by atoms with Gasteiger partial charge in [-0.25, -0.2) is 10.2 Å². The van der Waals surface area contributed by atoms with Gasteiger partial charge in [0.25, 0.3) is 0 Å². The first-order chi connectivity index (χ1) is 10.6. The Morgan fingerprint density at radius 3 is 2.86 bits per heavy atom. The van der Waals surface area contributed by atoms with Gasteiger partial charge >= 0.3 is 6.09 Å². The third-order valence-electron chi connectivity index (χ3n) is 2.99. The summed E-state index contributed by atoms with van der Waals surface area (Å²) in [5, 5.41) is 14.2. The van der Waals surface area contributed by atoms with Crippen molar-refractivity contribution in [2.45, 2.75) is 6.42 Å². The minimum absolute atomic E-state index is 0.0679. The van der Waals surface area contributed by atoms with Gasteiger partial charge in [-0.2, -0.15) is 5.10 Å². The van der Waals surface area contributed by atoms with Crippen LogP contribution in [-0.4, -0.2) is 24.5 Å². The number of aromatic hydroxyl groups is 1. The highest BCUT2D eigenvalue weighted by Crippen LogP contribution is 2.22. The number of carbonyl (C=O) groups is 1. The molecule has 5 nitrogen and oxygen atoms in total. The first-order valence-electron chi connectivity index (χ1n) is 6.52. The normalized spacial score (nSPS) is 10.6. The van der Waals surface area contributed by atoms with E-state index in [1.165, 1.54) is 13.3 Å². The van der Waals surface area contributed by atoms with E-state index >= 15 is 0 Å². The Balaban J connectivity index is 2.16. The summed E-state index contributed by atoms with van der Waals surface area (Å²) in [5.74, 6) is 0.0679. The van der Waals surface area contributed by atoms with E-state index in [0.29, 0.717) is 17.0 Å². The van der Waals surface area contributed by atoms with Crippen LogP contribution in [0.15, 0.2) is 47.6 Å². The highest BCUT2D eigenvalue weighted by molar-refractivity contribution is 6.31. The van der Waals surface area contributed by atoms with E-state index in [1.807, 2.05) is 30.3 Å². The molecule has 0 aromatic heterocycles. The fourth-order valence-corrected chi connectivity index (χ4v) is 2.08. The number of nitrogens with zero attached hydrogens (tertiary/aromatic N) is 1. The number of phenolic OH excluding ortho intramolecular Hbond substituents is 1. The summed E-state index contributed by atoms with van der Waals surface area (Å²) >= 11 is 6.14. The van der Waals surface area contributed by atoms with Crippen molar-refractivity contribution in [3.63, 3.8) is 0 Å². The molecule has 2 rings (SSSR count). The van der Waals surface area contributed by atoms with Crippen molar-refractivity contribution in [3.8, 4) is 5.75 Å². The number of halogens is 1. The van der Waals surface area contributed by atoms with Gasteiger partial charge in [0.1, 0.15) is 5.75 Å². The summed E-state index contributed by atoms with van der Waals surface area (Å²) in [6.45, 7) is 0. The molecule has 1 amide bonds. The SMILES string of the molecule is COC(=O)NN=Cc1cc(Cc2ccccc2Cl)ccc1O. The van der Waals surface area contributed by atoms with Gasteiger partial charge in [-0.05, 0) is 35.7 Å². The van der Waals surface area contributed by atoms with Crippen molar-refractivity contribution in [1.29, 1.82) is 0 Å². The zero-order valence-corrected chi connectivity index (χ0v) is 12.7. The molecule has 2 aromatic rings. The number of amides is 1. The maximum atomic E-state index is 10.9. The Morgan fingerprint density at radius 2 is 2.14 bits per heavy atom. The molecule has 0 saturated carbocycles. The number of rotatable bonds is 4. The fraction of sp³-hybridized carbons (Fsp3) is 0.125. The molecular weight excluding hydrogens is 304 g/mol. The summed E-state index contributed by atoms with van der Waals surface area (Å²) in [4.78, 5) is 10.9. The predicted molar refractivity (Wildman–Crippen MR) is 85.5 cm³/mol. The molecule has 22 heavy (non-hydrogen) atoms. The number of hydrogen-bond acceptors (Lipinski definition) is 4. The van der Waals surface area contributed by atoms with Crippen LogP contribution in [0.25, 0.3) is 0 Å². The van der Waals surface area contributed by atoms with Gasteiger partial charge in [0.15, 0.2) is 0 Å². The van der Waals surface area contributed by atoms with Gasteiger partial charge in [0.05, 0.1) is 13.3 Å². The molecule has 0 radical (unpaired) electrons. The van der Waals surface area contributed by atoms with Crippen LogP contribution in [0.2, 0.25) is 5.02 Å². The Hall–Kier alpha value is -2.53. The third kappa shape index (κ3) is 4.23. The average molecular weight is 319 g/mol. The number of methoxy groups -OCH3 is 1. The Kier molecular flexibility index (Phi) is 5.38. The van der Waals surface area contributed by atoms with Crippen molar-refractivity contribution in [2.24, 2.45) is 5.10 Å². The largest absolute Gasteiger partial charge is 0.507 e. The number of nitrogens with one attached hydrogen (secondary N) is 1. The van der Waals surface area contributed by atoms with Gasteiger partial charge < -0.3 is 9.84 Å². The monoisotopic (exact) mass is 318 g/mol. The summed E-state index contributed by atoms with van der Waals surface area (Å²) in [6.07, 6.45) is 1.30. The summed E-state index contributed by atoms with van der Waals surface area (Å²) < 4.78 is 4.39. The molecule has 0 unspecified atom stereocenters. The lowest BCUT2D eigenvalue weighted by atomic mass is 10.0. The van der Waals surface area contributed by atoms with Crippen molar-refractivity contribution >= 4 is 23.9 Å². The molecule has 0 aliphatic heterocycles. The highest BCUT2D eigenvalue weighted by Gasteiger charge is 2.05. The van der Waals surface area contributed by atoms with Gasteiger partial charge in [-0.1, -0.05) is 35.9 Å². The van der Waals surface area contributed by atoms with Gasteiger partial charge in [0, 0.05) is 10.6 Å². The molecule has 0 aliphatic carbocycles. The molecule has 114 valence electrons. The maximum absolute atomic E-state index is 10.9. The van der Waals surface area contributed by atoms with E-state index < -0.39 is 6.09 Å². The maximum Gasteiger partial charge on any atom is 0.427 e. The van der Waals surface area contributed by atoms with E-state index in [0.717, 1.165) is 11.1 Å². The standard InChI is InChI=1S/C16H15ClN2O3/c1-22-16(21)19-18-10-13-9-11(6-7-15(13)20)8-12-4-2-3-5-14(12)17/h2-7,9-10,20H,8H2,1H3,(H,19,21). The first-order valence-corrected chi connectivity index (χ1v) is 6.90. The molecule has 0 aliphatic rings. The van der Waals surface area contributed by atoms with E-state index in [4.69, 9.17) is 11.6 Å². The second-order valence-electron chi connectivity index (χ2n) is 4.52. The second-order valence-corrected chi connectivity index (χ2v) is 4.93. The fourth-order valence-electron chi connectivity index (χ4n) is 1.88. The van der Waals surface area contributed by atoms with E-state index in [-0.39, 0.29) is 5.75 Å². The first kappa shape index (κ1) is 15.9. The van der Waals surface area contributed by atoms with Crippen molar-refractivity contribution in [3.05, 3.63) is 64.2 Å². The molecule has 2 aromatic carbocycles. The number of hydrogen-bond donors (Lipinski definition) is 2. The molecule has 0 fully saturated rings. The zero-order chi connectivity index (χ0) is 15.9. The molecular formula is C16H15ClN2O3. The zero-order valence-electron chi connectivity index (χ0n) is 11.9. The van der Waals surface area contributed by atoms with Crippen molar-refractivity contribution in [1.82, 2.24) is 5.43 Å². The van der Waals surface area contributed by atoms with Crippen LogP contribution in [0, 0.1) is 0 Å². The van der Waals surface area contributed by atoms with Crippen LogP contribution in [0.5, 0.6) is 5.75 Å². The molecule has 0 bridgehead atoms. The van der Waals surface area contributed by atoms with Crippen LogP contribution >= 0.6 is 11.6 Å². The second kappa shape index (κ2) is 7.47. The number of benzene rings is 2. The highest BCUT2D eigenvalue weighted by atomic mass is 35.5. The van der Waals surface area contributed by atoms with Crippen LogP contribution < -0.4 is 5.43 Å².